The molecule has 0 atom stereocenters. The number of thiophene rings is 1. The zero-order valence-corrected chi connectivity index (χ0v) is 14.0. The van der Waals surface area contributed by atoms with E-state index in [9.17, 15) is 9.59 Å². The molecule has 8 heteroatoms. The molecule has 6 nitrogen and oxygen atoms in total. The standard InChI is InChI=1S/C14H16N4O2S2/c1-7-11(22-18-17-7)13(20)16-14-10(12(19)15-2)8-5-3-4-6-9(8)21-14/h3-6H2,1-2H3,(H,15,19)(H,16,20). The number of nitrogens with zero attached hydrogens (tertiary/aromatic N) is 2. The van der Waals surface area contributed by atoms with Crippen LogP contribution in [0, 0.1) is 6.92 Å². The van der Waals surface area contributed by atoms with Crippen LogP contribution in [-0.4, -0.2) is 28.4 Å². The molecule has 0 aromatic carbocycles. The summed E-state index contributed by atoms with van der Waals surface area (Å²) in [7, 11) is 1.61. The van der Waals surface area contributed by atoms with Crippen LogP contribution in [0.3, 0.4) is 0 Å². The first-order valence-electron chi connectivity index (χ1n) is 7.08. The van der Waals surface area contributed by atoms with Gasteiger partial charge < -0.3 is 10.6 Å². The number of carbonyl (C=O) groups is 2. The van der Waals surface area contributed by atoms with Crippen LogP contribution in [-0.2, 0) is 12.8 Å². The van der Waals surface area contributed by atoms with Crippen molar-refractivity contribution in [2.75, 3.05) is 12.4 Å². The molecule has 0 aliphatic heterocycles. The van der Waals surface area contributed by atoms with Gasteiger partial charge in [-0.05, 0) is 49.7 Å². The molecule has 2 amide bonds. The molecule has 0 bridgehead atoms. The summed E-state index contributed by atoms with van der Waals surface area (Å²) in [5, 5.41) is 10.0. The maximum Gasteiger partial charge on any atom is 0.269 e. The fraction of sp³-hybridized carbons (Fsp3) is 0.429. The number of rotatable bonds is 3. The molecule has 2 heterocycles. The molecule has 1 aliphatic rings. The first-order valence-corrected chi connectivity index (χ1v) is 8.67. The first-order chi connectivity index (χ1) is 10.6. The van der Waals surface area contributed by atoms with Crippen molar-refractivity contribution in [1.82, 2.24) is 14.9 Å². The molecule has 116 valence electrons. The minimum Gasteiger partial charge on any atom is -0.355 e. The Morgan fingerprint density at radius 2 is 1.95 bits per heavy atom. The Balaban J connectivity index is 1.96. The van der Waals surface area contributed by atoms with Gasteiger partial charge in [-0.1, -0.05) is 4.49 Å². The van der Waals surface area contributed by atoms with Crippen molar-refractivity contribution in [2.24, 2.45) is 0 Å². The van der Waals surface area contributed by atoms with Crippen LogP contribution in [0.1, 0.15) is 49.0 Å². The third kappa shape index (κ3) is 2.64. The second kappa shape index (κ2) is 6.13. The van der Waals surface area contributed by atoms with Gasteiger partial charge in [0.25, 0.3) is 11.8 Å². The van der Waals surface area contributed by atoms with Gasteiger partial charge in [0.05, 0.1) is 11.3 Å². The Hall–Kier alpha value is -1.80. The highest BCUT2D eigenvalue weighted by molar-refractivity contribution is 7.17. The van der Waals surface area contributed by atoms with E-state index in [-0.39, 0.29) is 11.8 Å². The van der Waals surface area contributed by atoms with Crippen molar-refractivity contribution >= 4 is 39.7 Å². The lowest BCUT2D eigenvalue weighted by Crippen LogP contribution is -2.22. The van der Waals surface area contributed by atoms with Crippen molar-refractivity contribution in [3.05, 3.63) is 26.6 Å². The third-order valence-corrected chi connectivity index (χ3v) is 5.74. The summed E-state index contributed by atoms with van der Waals surface area (Å²) in [6, 6.07) is 0. The fourth-order valence-electron chi connectivity index (χ4n) is 2.62. The number of hydrogen-bond donors (Lipinski definition) is 2. The summed E-state index contributed by atoms with van der Waals surface area (Å²) >= 11 is 2.57. The highest BCUT2D eigenvalue weighted by atomic mass is 32.1. The van der Waals surface area contributed by atoms with Crippen molar-refractivity contribution in [3.8, 4) is 0 Å². The zero-order valence-electron chi connectivity index (χ0n) is 12.4. The second-order valence-corrected chi connectivity index (χ2v) is 7.00. The highest BCUT2D eigenvalue weighted by Crippen LogP contribution is 2.38. The number of hydrogen-bond acceptors (Lipinski definition) is 6. The molecular formula is C14H16N4O2S2. The lowest BCUT2D eigenvalue weighted by atomic mass is 9.95. The van der Waals surface area contributed by atoms with Crippen LogP contribution >= 0.6 is 22.9 Å². The SMILES string of the molecule is CNC(=O)c1c(NC(=O)c2snnc2C)sc2c1CCCC2. The zero-order chi connectivity index (χ0) is 15.7. The van der Waals surface area contributed by atoms with E-state index in [1.807, 2.05) is 0 Å². The Labute approximate surface area is 136 Å². The smallest absolute Gasteiger partial charge is 0.269 e. The van der Waals surface area contributed by atoms with Gasteiger partial charge in [-0.2, -0.15) is 0 Å². The molecule has 0 saturated carbocycles. The molecule has 1 aliphatic carbocycles. The van der Waals surface area contributed by atoms with E-state index >= 15 is 0 Å². The lowest BCUT2D eigenvalue weighted by Gasteiger charge is -2.12. The first kappa shape index (κ1) is 15.1. The maximum atomic E-state index is 12.4. The largest absolute Gasteiger partial charge is 0.355 e. The monoisotopic (exact) mass is 336 g/mol. The van der Waals surface area contributed by atoms with Crippen molar-refractivity contribution < 1.29 is 9.59 Å². The average molecular weight is 336 g/mol. The summed E-state index contributed by atoms with van der Waals surface area (Å²) in [5.41, 5.74) is 2.31. The number of aromatic nitrogens is 2. The van der Waals surface area contributed by atoms with Gasteiger partial charge in [-0.3, -0.25) is 9.59 Å². The summed E-state index contributed by atoms with van der Waals surface area (Å²) in [6.45, 7) is 1.75. The molecule has 2 aromatic rings. The lowest BCUT2D eigenvalue weighted by molar-refractivity contribution is 0.0963. The number of carbonyl (C=O) groups excluding carboxylic acids is 2. The van der Waals surface area contributed by atoms with Crippen LogP contribution in [0.15, 0.2) is 0 Å². The summed E-state index contributed by atoms with van der Waals surface area (Å²) in [4.78, 5) is 26.3. The average Bonchev–Trinajstić information content (AvgIpc) is 3.09. The van der Waals surface area contributed by atoms with Crippen LogP contribution in [0.4, 0.5) is 5.00 Å². The molecule has 2 N–H and O–H groups in total. The number of aryl methyl sites for hydroxylation is 2. The van der Waals surface area contributed by atoms with E-state index in [4.69, 9.17) is 0 Å². The quantitative estimate of drug-likeness (QED) is 0.901. The fourth-order valence-corrected chi connectivity index (χ4v) is 4.45. The van der Waals surface area contributed by atoms with E-state index in [1.54, 1.807) is 14.0 Å². The molecule has 2 aromatic heterocycles. The van der Waals surface area contributed by atoms with E-state index in [0.29, 0.717) is 21.1 Å². The molecule has 22 heavy (non-hydrogen) atoms. The van der Waals surface area contributed by atoms with Gasteiger partial charge in [-0.15, -0.1) is 16.4 Å². The Kier molecular flexibility index (Phi) is 4.21. The van der Waals surface area contributed by atoms with Crippen LogP contribution in [0.5, 0.6) is 0 Å². The van der Waals surface area contributed by atoms with Gasteiger partial charge in [0.2, 0.25) is 0 Å². The van der Waals surface area contributed by atoms with Crippen LogP contribution < -0.4 is 10.6 Å². The van der Waals surface area contributed by atoms with E-state index < -0.39 is 0 Å². The van der Waals surface area contributed by atoms with Crippen LogP contribution in [0.2, 0.25) is 0 Å². The maximum absolute atomic E-state index is 12.4. The van der Waals surface area contributed by atoms with Gasteiger partial charge >= 0.3 is 0 Å². The predicted molar refractivity (Wildman–Crippen MR) is 87.0 cm³/mol. The Morgan fingerprint density at radius 3 is 2.64 bits per heavy atom. The van der Waals surface area contributed by atoms with E-state index in [2.05, 4.69) is 20.2 Å². The van der Waals surface area contributed by atoms with E-state index in [1.165, 1.54) is 16.2 Å². The van der Waals surface area contributed by atoms with Crippen molar-refractivity contribution in [3.63, 3.8) is 0 Å². The van der Waals surface area contributed by atoms with Gasteiger partial charge in [-0.25, -0.2) is 0 Å². The second-order valence-electron chi connectivity index (χ2n) is 5.14. The normalized spacial score (nSPS) is 13.5. The van der Waals surface area contributed by atoms with Crippen LogP contribution in [0.25, 0.3) is 0 Å². The topological polar surface area (TPSA) is 84.0 Å². The number of fused-ring (bicyclic) bond motifs is 1. The summed E-state index contributed by atoms with van der Waals surface area (Å²) in [5.74, 6) is -0.398. The molecular weight excluding hydrogens is 320 g/mol. The number of anilines is 1. The van der Waals surface area contributed by atoms with E-state index in [0.717, 1.165) is 42.8 Å². The number of nitrogens with one attached hydrogen (secondary N) is 2. The minimum atomic E-state index is -0.253. The molecule has 0 saturated heterocycles. The van der Waals surface area contributed by atoms with Gasteiger partial charge in [0, 0.05) is 11.9 Å². The Bertz CT molecular complexity index is 735. The third-order valence-electron chi connectivity index (χ3n) is 3.71. The molecule has 0 unspecified atom stereocenters. The van der Waals surface area contributed by atoms with Crippen molar-refractivity contribution in [1.29, 1.82) is 0 Å². The van der Waals surface area contributed by atoms with Gasteiger partial charge in [0.15, 0.2) is 0 Å². The predicted octanol–water partition coefficient (Wildman–Crippen LogP) is 2.40. The van der Waals surface area contributed by atoms with Crippen molar-refractivity contribution in [2.45, 2.75) is 32.6 Å². The number of amides is 2. The highest BCUT2D eigenvalue weighted by Gasteiger charge is 2.26. The molecule has 0 spiro atoms. The van der Waals surface area contributed by atoms with Gasteiger partial charge in [0.1, 0.15) is 9.88 Å². The Morgan fingerprint density at radius 1 is 1.18 bits per heavy atom. The summed E-state index contributed by atoms with van der Waals surface area (Å²) in [6.07, 6.45) is 4.08. The molecule has 3 rings (SSSR count). The summed E-state index contributed by atoms with van der Waals surface area (Å²) < 4.78 is 3.78. The molecule has 0 radical (unpaired) electrons. The molecule has 0 fully saturated rings. The minimum absolute atomic E-state index is 0.145.